The second kappa shape index (κ2) is 10.5. The summed E-state index contributed by atoms with van der Waals surface area (Å²) in [5.41, 5.74) is 3.78. The molecule has 0 atom stereocenters. The SMILES string of the molecule is Cc1c(NS(=O)(=O)c2cccc(C(=O)Nc3ccc(-c4nc5ccccc5[nH]4)cc3)c2)c(=O)n(-c2ccccc2)n1C. The lowest BCUT2D eigenvalue weighted by Crippen LogP contribution is -2.23. The van der Waals surface area contributed by atoms with Crippen LogP contribution >= 0.6 is 0 Å². The van der Waals surface area contributed by atoms with E-state index in [0.717, 1.165) is 16.6 Å². The first-order valence-corrected chi connectivity index (χ1v) is 14.5. The molecule has 210 valence electrons. The molecule has 4 aromatic carbocycles. The lowest BCUT2D eigenvalue weighted by molar-refractivity contribution is 0.102. The van der Waals surface area contributed by atoms with Crippen LogP contribution in [0, 0.1) is 6.92 Å². The molecule has 0 aliphatic heterocycles. The van der Waals surface area contributed by atoms with Crippen LogP contribution in [0.3, 0.4) is 0 Å². The molecule has 0 fully saturated rings. The molecule has 10 nitrogen and oxygen atoms in total. The molecule has 2 aromatic heterocycles. The van der Waals surface area contributed by atoms with Crippen LogP contribution in [0.1, 0.15) is 16.1 Å². The van der Waals surface area contributed by atoms with Crippen LogP contribution in [0.15, 0.2) is 113 Å². The first-order chi connectivity index (χ1) is 20.2. The number of benzene rings is 4. The Bertz CT molecular complexity index is 2080. The fourth-order valence-corrected chi connectivity index (χ4v) is 5.85. The third-order valence-electron chi connectivity index (χ3n) is 7.00. The molecule has 6 rings (SSSR count). The minimum atomic E-state index is -4.19. The lowest BCUT2D eigenvalue weighted by atomic mass is 10.1. The van der Waals surface area contributed by atoms with Gasteiger partial charge in [-0.25, -0.2) is 18.1 Å². The smallest absolute Gasteiger partial charge is 0.296 e. The Labute approximate surface area is 241 Å². The number of para-hydroxylation sites is 3. The number of carbonyl (C=O) groups excluding carboxylic acids is 1. The topological polar surface area (TPSA) is 131 Å². The quantitative estimate of drug-likeness (QED) is 0.243. The Balaban J connectivity index is 1.21. The van der Waals surface area contributed by atoms with E-state index in [4.69, 9.17) is 0 Å². The van der Waals surface area contributed by atoms with Crippen molar-refractivity contribution in [3.8, 4) is 17.1 Å². The summed E-state index contributed by atoms with van der Waals surface area (Å²) in [6, 6.07) is 29.5. The summed E-state index contributed by atoms with van der Waals surface area (Å²) in [6.45, 7) is 1.65. The number of imidazole rings is 1. The van der Waals surface area contributed by atoms with Crippen molar-refractivity contribution in [2.45, 2.75) is 11.8 Å². The van der Waals surface area contributed by atoms with Crippen molar-refractivity contribution in [2.24, 2.45) is 7.05 Å². The lowest BCUT2D eigenvalue weighted by Gasteiger charge is -2.10. The van der Waals surface area contributed by atoms with Crippen LogP contribution in [0.2, 0.25) is 0 Å². The van der Waals surface area contributed by atoms with Crippen LogP contribution in [-0.4, -0.2) is 33.7 Å². The van der Waals surface area contributed by atoms with E-state index in [1.54, 1.807) is 55.1 Å². The van der Waals surface area contributed by atoms with Crippen molar-refractivity contribution in [3.63, 3.8) is 0 Å². The minimum absolute atomic E-state index is 0.0687. The summed E-state index contributed by atoms with van der Waals surface area (Å²) in [4.78, 5) is 34.0. The van der Waals surface area contributed by atoms with E-state index < -0.39 is 21.5 Å². The molecule has 0 bridgehead atoms. The van der Waals surface area contributed by atoms with E-state index in [-0.39, 0.29) is 16.1 Å². The number of nitrogens with one attached hydrogen (secondary N) is 3. The number of carbonyl (C=O) groups is 1. The van der Waals surface area contributed by atoms with Gasteiger partial charge in [-0.1, -0.05) is 36.4 Å². The van der Waals surface area contributed by atoms with Crippen LogP contribution in [0.4, 0.5) is 11.4 Å². The molecule has 0 aliphatic carbocycles. The zero-order valence-corrected chi connectivity index (χ0v) is 23.5. The van der Waals surface area contributed by atoms with Crippen LogP contribution in [0.5, 0.6) is 0 Å². The highest BCUT2D eigenvalue weighted by atomic mass is 32.2. The van der Waals surface area contributed by atoms with Crippen molar-refractivity contribution in [1.82, 2.24) is 19.3 Å². The monoisotopic (exact) mass is 578 g/mol. The molecule has 11 heteroatoms. The van der Waals surface area contributed by atoms with Gasteiger partial charge in [-0.2, -0.15) is 0 Å². The Morgan fingerprint density at radius 3 is 2.33 bits per heavy atom. The van der Waals surface area contributed by atoms with E-state index in [2.05, 4.69) is 20.0 Å². The van der Waals surface area contributed by atoms with E-state index in [0.29, 0.717) is 22.9 Å². The number of anilines is 2. The molecule has 42 heavy (non-hydrogen) atoms. The summed E-state index contributed by atoms with van der Waals surface area (Å²) >= 11 is 0. The number of sulfonamides is 1. The van der Waals surface area contributed by atoms with Gasteiger partial charge in [0.25, 0.3) is 21.5 Å². The predicted octanol–water partition coefficient (Wildman–Crippen LogP) is 5.08. The molecule has 3 N–H and O–H groups in total. The van der Waals surface area contributed by atoms with E-state index in [1.807, 2.05) is 42.5 Å². The molecule has 0 unspecified atom stereocenters. The molecule has 6 aromatic rings. The Hall–Kier alpha value is -5.42. The Kier molecular flexibility index (Phi) is 6.71. The molecular weight excluding hydrogens is 552 g/mol. The van der Waals surface area contributed by atoms with E-state index >= 15 is 0 Å². The maximum Gasteiger partial charge on any atom is 0.296 e. The highest BCUT2D eigenvalue weighted by molar-refractivity contribution is 7.92. The van der Waals surface area contributed by atoms with Gasteiger partial charge < -0.3 is 10.3 Å². The van der Waals surface area contributed by atoms with Crippen molar-refractivity contribution in [3.05, 3.63) is 125 Å². The largest absolute Gasteiger partial charge is 0.338 e. The van der Waals surface area contributed by atoms with Gasteiger partial charge in [0.05, 0.1) is 27.3 Å². The number of amides is 1. The van der Waals surface area contributed by atoms with Gasteiger partial charge >= 0.3 is 0 Å². The fourth-order valence-electron chi connectivity index (χ4n) is 4.69. The highest BCUT2D eigenvalue weighted by Gasteiger charge is 2.23. The van der Waals surface area contributed by atoms with Gasteiger partial charge in [0.2, 0.25) is 0 Å². The summed E-state index contributed by atoms with van der Waals surface area (Å²) in [5.74, 6) is 0.231. The van der Waals surface area contributed by atoms with E-state index in [9.17, 15) is 18.0 Å². The Morgan fingerprint density at radius 2 is 1.60 bits per heavy atom. The van der Waals surface area contributed by atoms with Crippen LogP contribution in [0.25, 0.3) is 28.1 Å². The maximum absolute atomic E-state index is 13.3. The van der Waals surface area contributed by atoms with Crippen molar-refractivity contribution >= 4 is 38.3 Å². The van der Waals surface area contributed by atoms with Gasteiger partial charge in [-0.05, 0) is 73.7 Å². The molecular formula is C31H26N6O4S. The summed E-state index contributed by atoms with van der Waals surface area (Å²) in [6.07, 6.45) is 0. The number of aromatic nitrogens is 4. The maximum atomic E-state index is 13.3. The van der Waals surface area contributed by atoms with Crippen molar-refractivity contribution in [1.29, 1.82) is 0 Å². The fraction of sp³-hybridized carbons (Fsp3) is 0.0645. The molecule has 0 radical (unpaired) electrons. The Morgan fingerprint density at radius 1 is 0.881 bits per heavy atom. The number of aromatic amines is 1. The van der Waals surface area contributed by atoms with Crippen molar-refractivity contribution in [2.75, 3.05) is 10.0 Å². The molecule has 0 saturated carbocycles. The first kappa shape index (κ1) is 26.8. The highest BCUT2D eigenvalue weighted by Crippen LogP contribution is 2.23. The second-order valence-corrected chi connectivity index (χ2v) is 11.4. The number of hydrogen-bond acceptors (Lipinski definition) is 5. The summed E-state index contributed by atoms with van der Waals surface area (Å²) in [7, 11) is -2.51. The average Bonchev–Trinajstić information content (AvgIpc) is 3.53. The van der Waals surface area contributed by atoms with Gasteiger partial charge in [-0.3, -0.25) is 19.0 Å². The number of rotatable bonds is 7. The zero-order chi connectivity index (χ0) is 29.4. The summed E-state index contributed by atoms with van der Waals surface area (Å²) in [5, 5.41) is 2.80. The van der Waals surface area contributed by atoms with E-state index in [1.165, 1.54) is 28.9 Å². The van der Waals surface area contributed by atoms with Crippen molar-refractivity contribution < 1.29 is 13.2 Å². The number of hydrogen-bond donors (Lipinski definition) is 3. The molecule has 0 saturated heterocycles. The molecule has 1 amide bonds. The predicted molar refractivity (Wildman–Crippen MR) is 162 cm³/mol. The third-order valence-corrected chi connectivity index (χ3v) is 8.35. The molecule has 0 spiro atoms. The van der Waals surface area contributed by atoms with Gasteiger partial charge in [0.1, 0.15) is 11.5 Å². The molecule has 0 aliphatic rings. The zero-order valence-electron chi connectivity index (χ0n) is 22.7. The number of fused-ring (bicyclic) bond motifs is 1. The molecule has 2 heterocycles. The van der Waals surface area contributed by atoms with Gasteiger partial charge in [-0.15, -0.1) is 0 Å². The standard InChI is InChI=1S/C31H26N6O4S/c1-20-28(31(39)37(36(20)2)24-10-4-3-5-11-24)35-42(40,41)25-12-8-9-22(19-25)30(38)32-23-17-15-21(16-18-23)29-33-26-13-6-7-14-27(26)34-29/h3-19,35H,1-2H3,(H,32,38)(H,33,34). The third kappa shape index (κ3) is 4.97. The number of nitrogens with zero attached hydrogens (tertiary/aromatic N) is 3. The summed E-state index contributed by atoms with van der Waals surface area (Å²) < 4.78 is 32.0. The van der Waals surface area contributed by atoms with Crippen LogP contribution in [-0.2, 0) is 17.1 Å². The van der Waals surface area contributed by atoms with Gasteiger partial charge in [0, 0.05) is 23.9 Å². The average molecular weight is 579 g/mol. The minimum Gasteiger partial charge on any atom is -0.338 e. The van der Waals surface area contributed by atoms with Crippen LogP contribution < -0.4 is 15.6 Å². The first-order valence-electron chi connectivity index (χ1n) is 13.0. The second-order valence-electron chi connectivity index (χ2n) is 9.70. The number of H-pyrrole nitrogens is 1. The van der Waals surface area contributed by atoms with Gasteiger partial charge in [0.15, 0.2) is 0 Å². The normalized spacial score (nSPS) is 11.5.